The fraction of sp³-hybridized carbons (Fsp3) is 0.389. The molecule has 0 fully saturated rings. The minimum Gasteiger partial charge on any atom is -0.480 e. The largest absolute Gasteiger partial charge is 0.480 e. The van der Waals surface area contributed by atoms with Crippen molar-refractivity contribution >= 4 is 17.7 Å². The average Bonchev–Trinajstić information content (AvgIpc) is 2.46. The average molecular weight is 336 g/mol. The Bertz CT molecular complexity index is 565. The van der Waals surface area contributed by atoms with Crippen LogP contribution in [0.3, 0.4) is 0 Å². The van der Waals surface area contributed by atoms with E-state index in [1.54, 1.807) is 0 Å². The van der Waals surface area contributed by atoms with E-state index in [1.165, 1.54) is 6.92 Å². The van der Waals surface area contributed by atoms with Gasteiger partial charge >= 0.3 is 5.97 Å². The van der Waals surface area contributed by atoms with Gasteiger partial charge in [0.2, 0.25) is 5.91 Å². The monoisotopic (exact) mass is 336 g/mol. The second kappa shape index (κ2) is 12.0. The molecule has 1 aromatic carbocycles. The molecule has 0 aliphatic heterocycles. The summed E-state index contributed by atoms with van der Waals surface area (Å²) < 4.78 is 0. The Hall–Kier alpha value is -2.47. The van der Waals surface area contributed by atoms with Crippen LogP contribution in [0.4, 0.5) is 0 Å². The van der Waals surface area contributed by atoms with Gasteiger partial charge in [0, 0.05) is 19.0 Å². The third-order valence-electron chi connectivity index (χ3n) is 2.93. The van der Waals surface area contributed by atoms with Gasteiger partial charge in [-0.25, -0.2) is 4.79 Å². The van der Waals surface area contributed by atoms with Crippen molar-refractivity contribution in [2.75, 3.05) is 7.05 Å². The molecular weight excluding hydrogens is 308 g/mol. The van der Waals surface area contributed by atoms with Crippen LogP contribution < -0.4 is 10.6 Å². The number of hydrogen-bond donors (Lipinski definition) is 3. The lowest BCUT2D eigenvalue weighted by atomic mass is 10.0. The third-order valence-corrected chi connectivity index (χ3v) is 2.93. The SMILES string of the molecule is C.C.CNCc1ccc(C[C@H](NC(=O)/C=C/C(C)=O)C(=O)O)cc1. The molecule has 24 heavy (non-hydrogen) atoms. The van der Waals surface area contributed by atoms with E-state index in [4.69, 9.17) is 0 Å². The second-order valence-corrected chi connectivity index (χ2v) is 4.89. The lowest BCUT2D eigenvalue weighted by Gasteiger charge is -2.13. The van der Waals surface area contributed by atoms with E-state index in [0.29, 0.717) is 0 Å². The first kappa shape index (κ1) is 23.8. The van der Waals surface area contributed by atoms with Gasteiger partial charge in [0.1, 0.15) is 6.04 Å². The molecule has 0 bridgehead atoms. The first-order valence-electron chi connectivity index (χ1n) is 6.86. The van der Waals surface area contributed by atoms with E-state index in [2.05, 4.69) is 10.6 Å². The highest BCUT2D eigenvalue weighted by Crippen LogP contribution is 2.07. The van der Waals surface area contributed by atoms with Crippen LogP contribution >= 0.6 is 0 Å². The van der Waals surface area contributed by atoms with Gasteiger partial charge in [0.05, 0.1) is 0 Å². The molecule has 1 amide bonds. The normalized spacial score (nSPS) is 11.1. The molecule has 0 saturated carbocycles. The lowest BCUT2D eigenvalue weighted by molar-refractivity contribution is -0.141. The maximum Gasteiger partial charge on any atom is 0.326 e. The summed E-state index contributed by atoms with van der Waals surface area (Å²) in [4.78, 5) is 33.6. The molecule has 0 heterocycles. The lowest BCUT2D eigenvalue weighted by Crippen LogP contribution is -2.41. The van der Waals surface area contributed by atoms with Crippen LogP contribution in [0.25, 0.3) is 0 Å². The maximum absolute atomic E-state index is 11.6. The van der Waals surface area contributed by atoms with Crippen LogP contribution in [0.5, 0.6) is 0 Å². The molecule has 0 saturated heterocycles. The molecule has 6 nitrogen and oxygen atoms in total. The van der Waals surface area contributed by atoms with E-state index in [-0.39, 0.29) is 27.1 Å². The number of carboxylic acid groups (broad SMARTS) is 1. The minimum atomic E-state index is -1.12. The van der Waals surface area contributed by atoms with Crippen molar-refractivity contribution in [3.63, 3.8) is 0 Å². The Balaban J connectivity index is 0. The van der Waals surface area contributed by atoms with Crippen molar-refractivity contribution in [2.45, 2.75) is 40.8 Å². The zero-order chi connectivity index (χ0) is 16.5. The molecule has 0 aliphatic carbocycles. The molecule has 0 aliphatic rings. The summed E-state index contributed by atoms with van der Waals surface area (Å²) in [5, 5.41) is 14.6. The van der Waals surface area contributed by atoms with Crippen LogP contribution in [-0.4, -0.2) is 35.9 Å². The first-order chi connectivity index (χ1) is 10.4. The fourth-order valence-corrected chi connectivity index (χ4v) is 1.85. The summed E-state index contributed by atoms with van der Waals surface area (Å²) in [6.07, 6.45) is 2.31. The van der Waals surface area contributed by atoms with E-state index in [9.17, 15) is 19.5 Å². The molecule has 0 unspecified atom stereocenters. The van der Waals surface area contributed by atoms with E-state index < -0.39 is 17.9 Å². The smallest absolute Gasteiger partial charge is 0.326 e. The second-order valence-electron chi connectivity index (χ2n) is 4.89. The topological polar surface area (TPSA) is 95.5 Å². The standard InChI is InChI=1S/C16H20N2O4.2CH4/c1-11(19)3-8-15(20)18-14(16(21)22)9-12-4-6-13(7-5-12)10-17-2;;/h3-8,14,17H,9-10H2,1-2H3,(H,18,20)(H,21,22);2*1H4/b8-3+;;/t14-;;/m0../s1. The molecule has 1 rings (SSSR count). The molecule has 134 valence electrons. The van der Waals surface area contributed by atoms with E-state index in [1.807, 2.05) is 31.3 Å². The summed E-state index contributed by atoms with van der Waals surface area (Å²) in [7, 11) is 1.85. The highest BCUT2D eigenvalue weighted by atomic mass is 16.4. The Morgan fingerprint density at radius 3 is 2.08 bits per heavy atom. The molecule has 0 radical (unpaired) electrons. The zero-order valence-corrected chi connectivity index (χ0v) is 12.6. The number of carboxylic acids is 1. The number of allylic oxidation sites excluding steroid dienone is 1. The van der Waals surface area contributed by atoms with Crippen LogP contribution in [0.15, 0.2) is 36.4 Å². The number of benzene rings is 1. The van der Waals surface area contributed by atoms with Gasteiger partial charge in [0.25, 0.3) is 0 Å². The maximum atomic E-state index is 11.6. The number of ketones is 1. The zero-order valence-electron chi connectivity index (χ0n) is 12.6. The summed E-state index contributed by atoms with van der Waals surface area (Å²) in [5.74, 6) is -2.00. The van der Waals surface area contributed by atoms with Gasteiger partial charge in [-0.05, 0) is 31.2 Å². The first-order valence-corrected chi connectivity index (χ1v) is 6.86. The number of hydrogen-bond acceptors (Lipinski definition) is 4. The Labute approximate surface area is 144 Å². The molecule has 0 aromatic heterocycles. The summed E-state index contributed by atoms with van der Waals surface area (Å²) >= 11 is 0. The Morgan fingerprint density at radius 2 is 1.62 bits per heavy atom. The Morgan fingerprint density at radius 1 is 1.08 bits per heavy atom. The van der Waals surface area contributed by atoms with Crippen LogP contribution in [0, 0.1) is 0 Å². The number of nitrogens with one attached hydrogen (secondary N) is 2. The van der Waals surface area contributed by atoms with Crippen LogP contribution in [-0.2, 0) is 27.3 Å². The minimum absolute atomic E-state index is 0. The third kappa shape index (κ3) is 8.85. The van der Waals surface area contributed by atoms with E-state index >= 15 is 0 Å². The summed E-state index contributed by atoms with van der Waals surface area (Å²) in [6.45, 7) is 2.04. The summed E-state index contributed by atoms with van der Waals surface area (Å²) in [5.41, 5.74) is 1.90. The predicted octanol–water partition coefficient (Wildman–Crippen LogP) is 1.94. The quantitative estimate of drug-likeness (QED) is 0.631. The van der Waals surface area contributed by atoms with Gasteiger partial charge in [0.15, 0.2) is 5.78 Å². The number of aliphatic carboxylic acids is 1. The van der Waals surface area contributed by atoms with Crippen molar-refractivity contribution in [2.24, 2.45) is 0 Å². The van der Waals surface area contributed by atoms with Crippen molar-refractivity contribution in [1.82, 2.24) is 10.6 Å². The van der Waals surface area contributed by atoms with Gasteiger partial charge in [-0.1, -0.05) is 39.1 Å². The number of carbonyl (C=O) groups excluding carboxylic acids is 2. The number of rotatable bonds is 8. The fourth-order valence-electron chi connectivity index (χ4n) is 1.85. The van der Waals surface area contributed by atoms with Crippen LogP contribution in [0.2, 0.25) is 0 Å². The number of amides is 1. The van der Waals surface area contributed by atoms with Gasteiger partial charge in [-0.15, -0.1) is 0 Å². The van der Waals surface area contributed by atoms with Gasteiger partial charge in [-0.3, -0.25) is 9.59 Å². The molecule has 1 atom stereocenters. The molecule has 3 N–H and O–H groups in total. The molecular formula is C18H28N2O4. The van der Waals surface area contributed by atoms with Crippen molar-refractivity contribution in [3.8, 4) is 0 Å². The highest BCUT2D eigenvalue weighted by Gasteiger charge is 2.19. The molecule has 0 spiro atoms. The summed E-state index contributed by atoms with van der Waals surface area (Å²) in [6, 6.07) is 6.43. The molecule has 6 heteroatoms. The van der Waals surface area contributed by atoms with Crippen LogP contribution in [0.1, 0.15) is 32.9 Å². The predicted molar refractivity (Wildman–Crippen MR) is 95.8 cm³/mol. The van der Waals surface area contributed by atoms with Gasteiger partial charge < -0.3 is 15.7 Å². The highest BCUT2D eigenvalue weighted by molar-refractivity contribution is 5.97. The van der Waals surface area contributed by atoms with Gasteiger partial charge in [-0.2, -0.15) is 0 Å². The van der Waals surface area contributed by atoms with Crippen molar-refractivity contribution < 1.29 is 19.5 Å². The van der Waals surface area contributed by atoms with Crippen molar-refractivity contribution in [1.29, 1.82) is 0 Å². The Kier molecular flexibility index (Phi) is 11.9. The van der Waals surface area contributed by atoms with E-state index in [0.717, 1.165) is 29.8 Å². The van der Waals surface area contributed by atoms with Crippen molar-refractivity contribution in [3.05, 3.63) is 47.5 Å². The number of carbonyl (C=O) groups is 3. The molecule has 1 aromatic rings.